The molecular formula is C16H22N4O2. The van der Waals surface area contributed by atoms with Gasteiger partial charge in [0.25, 0.3) is 0 Å². The van der Waals surface area contributed by atoms with E-state index in [1.807, 2.05) is 4.90 Å². The number of amides is 3. The summed E-state index contributed by atoms with van der Waals surface area (Å²) in [4.78, 5) is 27.7. The molecule has 0 bridgehead atoms. The largest absolute Gasteiger partial charge is 0.368 e. The van der Waals surface area contributed by atoms with E-state index in [0.29, 0.717) is 19.6 Å². The van der Waals surface area contributed by atoms with Crippen LogP contribution in [0, 0.1) is 13.8 Å². The molecule has 2 saturated heterocycles. The van der Waals surface area contributed by atoms with Crippen molar-refractivity contribution >= 4 is 17.6 Å². The van der Waals surface area contributed by atoms with Gasteiger partial charge in [0.1, 0.15) is 6.04 Å². The molecule has 0 aliphatic carbocycles. The highest BCUT2D eigenvalue weighted by atomic mass is 16.2. The lowest BCUT2D eigenvalue weighted by molar-refractivity contribution is -0.132. The molecule has 22 heavy (non-hydrogen) atoms. The molecule has 6 nitrogen and oxygen atoms in total. The lowest BCUT2D eigenvalue weighted by atomic mass is 10.1. The second kappa shape index (κ2) is 5.87. The molecule has 2 fully saturated rings. The summed E-state index contributed by atoms with van der Waals surface area (Å²) in [6.45, 7) is 7.63. The van der Waals surface area contributed by atoms with Gasteiger partial charge in [-0.1, -0.05) is 12.1 Å². The van der Waals surface area contributed by atoms with Crippen molar-refractivity contribution in [1.29, 1.82) is 0 Å². The summed E-state index contributed by atoms with van der Waals surface area (Å²) in [5.74, 6) is 0.0129. The van der Waals surface area contributed by atoms with E-state index in [-0.39, 0.29) is 11.9 Å². The fourth-order valence-electron chi connectivity index (χ4n) is 3.05. The number of carbonyl (C=O) groups excluding carboxylic acids is 2. The van der Waals surface area contributed by atoms with Gasteiger partial charge in [-0.15, -0.1) is 0 Å². The van der Waals surface area contributed by atoms with Gasteiger partial charge >= 0.3 is 6.03 Å². The van der Waals surface area contributed by atoms with E-state index in [0.717, 1.165) is 13.1 Å². The van der Waals surface area contributed by atoms with E-state index < -0.39 is 6.04 Å². The Labute approximate surface area is 130 Å². The summed E-state index contributed by atoms with van der Waals surface area (Å²) in [5.41, 5.74) is 3.76. The van der Waals surface area contributed by atoms with E-state index in [9.17, 15) is 9.59 Å². The van der Waals surface area contributed by atoms with E-state index in [1.165, 1.54) is 16.8 Å². The lowest BCUT2D eigenvalue weighted by Crippen LogP contribution is -2.54. The molecular weight excluding hydrogens is 280 g/mol. The zero-order valence-corrected chi connectivity index (χ0v) is 13.1. The molecule has 2 heterocycles. The first-order chi connectivity index (χ1) is 10.5. The number of rotatable bonds is 2. The van der Waals surface area contributed by atoms with Crippen LogP contribution in [-0.2, 0) is 4.79 Å². The number of benzene rings is 1. The quantitative estimate of drug-likeness (QED) is 0.842. The Morgan fingerprint density at radius 2 is 1.91 bits per heavy atom. The van der Waals surface area contributed by atoms with Crippen LogP contribution in [0.1, 0.15) is 11.1 Å². The second-order valence-electron chi connectivity index (χ2n) is 6.01. The Morgan fingerprint density at radius 1 is 1.18 bits per heavy atom. The molecule has 0 unspecified atom stereocenters. The summed E-state index contributed by atoms with van der Waals surface area (Å²) in [7, 11) is 0. The van der Waals surface area contributed by atoms with Crippen LogP contribution in [0.2, 0.25) is 0 Å². The first-order valence-electron chi connectivity index (χ1n) is 7.70. The molecule has 0 spiro atoms. The summed E-state index contributed by atoms with van der Waals surface area (Å²) < 4.78 is 0. The zero-order chi connectivity index (χ0) is 15.7. The Bertz CT molecular complexity index is 594. The molecule has 0 radical (unpaired) electrons. The number of urea groups is 1. The third kappa shape index (κ3) is 2.86. The minimum absolute atomic E-state index is 0.0129. The molecule has 1 aromatic rings. The van der Waals surface area contributed by atoms with E-state index in [1.54, 1.807) is 0 Å². The van der Waals surface area contributed by atoms with E-state index >= 15 is 0 Å². The number of hydrogen-bond acceptors (Lipinski definition) is 3. The number of aryl methyl sites for hydroxylation is 2. The summed E-state index contributed by atoms with van der Waals surface area (Å²) in [6, 6.07) is 5.79. The highest BCUT2D eigenvalue weighted by molar-refractivity contribution is 5.90. The van der Waals surface area contributed by atoms with Crippen molar-refractivity contribution in [2.75, 3.05) is 37.6 Å². The summed E-state index contributed by atoms with van der Waals surface area (Å²) in [6.07, 6.45) is 0. The minimum atomic E-state index is -0.417. The number of piperazine rings is 1. The van der Waals surface area contributed by atoms with Gasteiger partial charge < -0.3 is 20.4 Å². The van der Waals surface area contributed by atoms with Gasteiger partial charge in [-0.2, -0.15) is 0 Å². The maximum Gasteiger partial charge on any atom is 0.315 e. The van der Waals surface area contributed by atoms with Crippen molar-refractivity contribution in [3.05, 3.63) is 29.3 Å². The van der Waals surface area contributed by atoms with Crippen LogP contribution in [0.3, 0.4) is 0 Å². The number of anilines is 1. The van der Waals surface area contributed by atoms with Crippen LogP contribution in [0.4, 0.5) is 10.5 Å². The van der Waals surface area contributed by atoms with Crippen molar-refractivity contribution in [2.45, 2.75) is 19.9 Å². The van der Waals surface area contributed by atoms with Gasteiger partial charge in [-0.05, 0) is 31.0 Å². The molecule has 0 aromatic heterocycles. The third-order valence-electron chi connectivity index (χ3n) is 4.37. The predicted molar refractivity (Wildman–Crippen MR) is 85.0 cm³/mol. The van der Waals surface area contributed by atoms with Gasteiger partial charge in [0.15, 0.2) is 0 Å². The Hall–Kier alpha value is -2.24. The maximum atomic E-state index is 12.4. The molecule has 1 atom stereocenters. The average molecular weight is 302 g/mol. The van der Waals surface area contributed by atoms with E-state index in [2.05, 4.69) is 47.6 Å². The molecule has 2 aliphatic heterocycles. The van der Waals surface area contributed by atoms with Gasteiger partial charge in [-0.25, -0.2) is 4.79 Å². The normalized spacial score (nSPS) is 21.5. The number of nitrogens with one attached hydrogen (secondary N) is 2. The van der Waals surface area contributed by atoms with Crippen molar-refractivity contribution in [2.24, 2.45) is 0 Å². The molecule has 0 saturated carbocycles. The van der Waals surface area contributed by atoms with Crippen LogP contribution in [0.15, 0.2) is 18.2 Å². The van der Waals surface area contributed by atoms with Crippen molar-refractivity contribution in [3.8, 4) is 0 Å². The van der Waals surface area contributed by atoms with Crippen molar-refractivity contribution < 1.29 is 9.59 Å². The molecule has 2 aliphatic rings. The first kappa shape index (κ1) is 14.7. The van der Waals surface area contributed by atoms with Crippen LogP contribution in [0.25, 0.3) is 0 Å². The fraction of sp³-hybridized carbons (Fsp3) is 0.500. The summed E-state index contributed by atoms with van der Waals surface area (Å²) >= 11 is 0. The van der Waals surface area contributed by atoms with Gasteiger partial charge in [0.05, 0.1) is 0 Å². The molecule has 3 amide bonds. The zero-order valence-electron chi connectivity index (χ0n) is 13.1. The first-order valence-corrected chi connectivity index (χ1v) is 7.70. The van der Waals surface area contributed by atoms with Crippen LogP contribution >= 0.6 is 0 Å². The molecule has 118 valence electrons. The Balaban J connectivity index is 1.61. The SMILES string of the molecule is Cc1ccc(C)c(N2CCN(C(=O)[C@@H]3CNC(=O)N3)CC2)c1. The van der Waals surface area contributed by atoms with Crippen molar-refractivity contribution in [1.82, 2.24) is 15.5 Å². The molecule has 3 rings (SSSR count). The molecule has 1 aromatic carbocycles. The smallest absolute Gasteiger partial charge is 0.315 e. The van der Waals surface area contributed by atoms with Gasteiger partial charge in [0, 0.05) is 38.4 Å². The van der Waals surface area contributed by atoms with Crippen LogP contribution in [0.5, 0.6) is 0 Å². The molecule has 2 N–H and O–H groups in total. The van der Waals surface area contributed by atoms with Gasteiger partial charge in [0.2, 0.25) is 5.91 Å². The number of carbonyl (C=O) groups is 2. The number of nitrogens with zero attached hydrogens (tertiary/aromatic N) is 2. The minimum Gasteiger partial charge on any atom is -0.368 e. The molecule has 6 heteroatoms. The van der Waals surface area contributed by atoms with Crippen LogP contribution < -0.4 is 15.5 Å². The topological polar surface area (TPSA) is 64.7 Å². The standard InChI is InChI=1S/C16H22N4O2/c1-11-3-4-12(2)14(9-11)19-5-7-20(8-6-19)15(21)13-10-17-16(22)18-13/h3-4,9,13H,5-8,10H2,1-2H3,(H2,17,18,22)/t13-/m0/s1. The predicted octanol–water partition coefficient (Wildman–Crippen LogP) is 0.633. The highest BCUT2D eigenvalue weighted by Gasteiger charge is 2.32. The average Bonchev–Trinajstić information content (AvgIpc) is 2.96. The Kier molecular flexibility index (Phi) is 3.92. The number of hydrogen-bond donors (Lipinski definition) is 2. The lowest BCUT2D eigenvalue weighted by Gasteiger charge is -2.37. The highest BCUT2D eigenvalue weighted by Crippen LogP contribution is 2.23. The van der Waals surface area contributed by atoms with Crippen LogP contribution in [-0.4, -0.2) is 55.6 Å². The Morgan fingerprint density at radius 3 is 2.55 bits per heavy atom. The van der Waals surface area contributed by atoms with Crippen molar-refractivity contribution in [3.63, 3.8) is 0 Å². The summed E-state index contributed by atoms with van der Waals surface area (Å²) in [5, 5.41) is 5.29. The third-order valence-corrected chi connectivity index (χ3v) is 4.37. The monoisotopic (exact) mass is 302 g/mol. The maximum absolute atomic E-state index is 12.4. The van der Waals surface area contributed by atoms with Gasteiger partial charge in [-0.3, -0.25) is 4.79 Å². The fourth-order valence-corrected chi connectivity index (χ4v) is 3.05. The van der Waals surface area contributed by atoms with E-state index in [4.69, 9.17) is 0 Å². The second-order valence-corrected chi connectivity index (χ2v) is 6.01.